The lowest BCUT2D eigenvalue weighted by molar-refractivity contribution is 0.100. The van der Waals surface area contributed by atoms with Crippen molar-refractivity contribution < 1.29 is 4.79 Å². The maximum Gasteiger partial charge on any atom is 0.248 e. The summed E-state index contributed by atoms with van der Waals surface area (Å²) < 4.78 is 0. The molecule has 0 aromatic heterocycles. The predicted octanol–water partition coefficient (Wildman–Crippen LogP) is 2.88. The lowest BCUT2D eigenvalue weighted by Gasteiger charge is -2.03. The van der Waals surface area contributed by atoms with Crippen LogP contribution in [0.15, 0.2) is 36.4 Å². The van der Waals surface area contributed by atoms with Crippen molar-refractivity contribution in [2.75, 3.05) is 5.33 Å². The molecule has 2 aromatic rings. The highest BCUT2D eigenvalue weighted by Crippen LogP contribution is 2.18. The fourth-order valence-electron chi connectivity index (χ4n) is 1.71. The van der Waals surface area contributed by atoms with Gasteiger partial charge in [0.2, 0.25) is 5.91 Å². The second kappa shape index (κ2) is 4.66. The quantitative estimate of drug-likeness (QED) is 0.862. The Bertz CT molecular complexity index is 536. The summed E-state index contributed by atoms with van der Waals surface area (Å²) in [5, 5.41) is 3.15. The zero-order chi connectivity index (χ0) is 11.5. The molecule has 0 heterocycles. The fourth-order valence-corrected chi connectivity index (χ4v) is 2.17. The molecule has 0 atom stereocenters. The molecule has 0 saturated carbocycles. The molecule has 0 aliphatic heterocycles. The van der Waals surface area contributed by atoms with E-state index in [2.05, 4.69) is 28.1 Å². The third kappa shape index (κ3) is 2.25. The molecule has 2 N–H and O–H groups in total. The molecule has 2 rings (SSSR count). The molecular weight excluding hydrogens is 266 g/mol. The second-order valence-corrected chi connectivity index (χ2v) is 4.49. The van der Waals surface area contributed by atoms with E-state index in [1.807, 2.05) is 18.2 Å². The summed E-state index contributed by atoms with van der Waals surface area (Å²) in [5.41, 5.74) is 7.08. The van der Waals surface area contributed by atoms with Gasteiger partial charge in [0.15, 0.2) is 0 Å². The summed E-state index contributed by atoms with van der Waals surface area (Å²) in [6.07, 6.45) is 1.01. The number of hydrogen-bond donors (Lipinski definition) is 1. The summed E-state index contributed by atoms with van der Waals surface area (Å²) in [7, 11) is 0. The summed E-state index contributed by atoms with van der Waals surface area (Å²) in [6, 6.07) is 11.8. The Morgan fingerprint density at radius 3 is 2.50 bits per heavy atom. The third-order valence-corrected chi connectivity index (χ3v) is 2.97. The van der Waals surface area contributed by atoms with Gasteiger partial charge in [0.25, 0.3) is 0 Å². The van der Waals surface area contributed by atoms with Gasteiger partial charge in [-0.15, -0.1) is 0 Å². The van der Waals surface area contributed by atoms with Crippen LogP contribution in [0.1, 0.15) is 15.9 Å². The number of fused-ring (bicyclic) bond motifs is 1. The fraction of sp³-hybridized carbons (Fsp3) is 0.154. The van der Waals surface area contributed by atoms with E-state index < -0.39 is 0 Å². The van der Waals surface area contributed by atoms with Crippen molar-refractivity contribution in [3.8, 4) is 0 Å². The minimum Gasteiger partial charge on any atom is -0.366 e. The van der Waals surface area contributed by atoms with Crippen LogP contribution in [0.2, 0.25) is 0 Å². The number of rotatable bonds is 3. The summed E-state index contributed by atoms with van der Waals surface area (Å²) in [4.78, 5) is 11.0. The Labute approximate surface area is 103 Å². The molecule has 82 valence electrons. The van der Waals surface area contributed by atoms with Gasteiger partial charge in [-0.2, -0.15) is 0 Å². The Kier molecular flexibility index (Phi) is 3.25. The Morgan fingerprint density at radius 2 is 1.81 bits per heavy atom. The van der Waals surface area contributed by atoms with Crippen molar-refractivity contribution >= 4 is 32.6 Å². The van der Waals surface area contributed by atoms with Crippen molar-refractivity contribution in [1.82, 2.24) is 0 Å². The van der Waals surface area contributed by atoms with E-state index in [-0.39, 0.29) is 5.91 Å². The molecule has 3 heteroatoms. The van der Waals surface area contributed by atoms with Gasteiger partial charge in [-0.3, -0.25) is 4.79 Å². The summed E-state index contributed by atoms with van der Waals surface area (Å²) in [6.45, 7) is 0. The molecular formula is C13H12BrNO. The van der Waals surface area contributed by atoms with E-state index in [0.29, 0.717) is 5.56 Å². The normalized spacial score (nSPS) is 10.6. The van der Waals surface area contributed by atoms with Crippen molar-refractivity contribution in [3.05, 3.63) is 47.5 Å². The third-order valence-electron chi connectivity index (χ3n) is 2.57. The first kappa shape index (κ1) is 11.1. The number of halogens is 1. The predicted molar refractivity (Wildman–Crippen MR) is 70.0 cm³/mol. The largest absolute Gasteiger partial charge is 0.366 e. The average Bonchev–Trinajstić information content (AvgIpc) is 2.28. The average molecular weight is 278 g/mol. The van der Waals surface area contributed by atoms with Gasteiger partial charge in [-0.05, 0) is 34.9 Å². The Hall–Kier alpha value is -1.35. The molecule has 1 amide bonds. The standard InChI is InChI=1S/C13H12BrNO/c14-6-5-9-1-2-11-8-12(13(15)16)4-3-10(11)7-9/h1-4,7-8H,5-6H2,(H2,15,16). The van der Waals surface area contributed by atoms with E-state index in [4.69, 9.17) is 5.73 Å². The van der Waals surface area contributed by atoms with Crippen LogP contribution in [-0.4, -0.2) is 11.2 Å². The number of benzene rings is 2. The number of carbonyl (C=O) groups is 1. The number of carbonyl (C=O) groups excluding carboxylic acids is 1. The maximum atomic E-state index is 11.0. The number of hydrogen-bond acceptors (Lipinski definition) is 1. The SMILES string of the molecule is NC(=O)c1ccc2cc(CCBr)ccc2c1. The number of alkyl halides is 1. The van der Waals surface area contributed by atoms with Crippen LogP contribution < -0.4 is 5.73 Å². The van der Waals surface area contributed by atoms with Crippen molar-refractivity contribution in [2.24, 2.45) is 5.73 Å². The van der Waals surface area contributed by atoms with Crippen molar-refractivity contribution in [3.63, 3.8) is 0 Å². The zero-order valence-corrected chi connectivity index (χ0v) is 10.3. The number of nitrogens with two attached hydrogens (primary N) is 1. The monoisotopic (exact) mass is 277 g/mol. The van der Waals surface area contributed by atoms with Crippen LogP contribution in [0.5, 0.6) is 0 Å². The first-order valence-corrected chi connectivity index (χ1v) is 6.21. The van der Waals surface area contributed by atoms with Crippen LogP contribution >= 0.6 is 15.9 Å². The molecule has 16 heavy (non-hydrogen) atoms. The van der Waals surface area contributed by atoms with Crippen molar-refractivity contribution in [2.45, 2.75) is 6.42 Å². The van der Waals surface area contributed by atoms with E-state index in [1.165, 1.54) is 5.56 Å². The van der Waals surface area contributed by atoms with Crippen LogP contribution in [0.4, 0.5) is 0 Å². The molecule has 0 aliphatic carbocycles. The van der Waals surface area contributed by atoms with Crippen LogP contribution in [-0.2, 0) is 6.42 Å². The lowest BCUT2D eigenvalue weighted by atomic mass is 10.0. The molecule has 0 fully saturated rings. The summed E-state index contributed by atoms with van der Waals surface area (Å²) in [5.74, 6) is -0.383. The van der Waals surface area contributed by atoms with Gasteiger partial charge in [-0.25, -0.2) is 0 Å². The molecule has 0 spiro atoms. The number of amides is 1. The minimum atomic E-state index is -0.383. The van der Waals surface area contributed by atoms with Gasteiger partial charge in [-0.1, -0.05) is 40.2 Å². The number of aryl methyl sites for hydroxylation is 1. The topological polar surface area (TPSA) is 43.1 Å². The van der Waals surface area contributed by atoms with E-state index in [0.717, 1.165) is 22.5 Å². The Balaban J connectivity index is 2.48. The van der Waals surface area contributed by atoms with Gasteiger partial charge in [0, 0.05) is 10.9 Å². The molecule has 0 bridgehead atoms. The minimum absolute atomic E-state index is 0.383. The molecule has 2 nitrogen and oxygen atoms in total. The Morgan fingerprint density at radius 1 is 1.12 bits per heavy atom. The van der Waals surface area contributed by atoms with E-state index in [9.17, 15) is 4.79 Å². The van der Waals surface area contributed by atoms with Gasteiger partial charge >= 0.3 is 0 Å². The van der Waals surface area contributed by atoms with Crippen LogP contribution in [0.25, 0.3) is 10.8 Å². The van der Waals surface area contributed by atoms with E-state index in [1.54, 1.807) is 6.07 Å². The zero-order valence-electron chi connectivity index (χ0n) is 8.74. The van der Waals surface area contributed by atoms with Crippen LogP contribution in [0.3, 0.4) is 0 Å². The highest BCUT2D eigenvalue weighted by Gasteiger charge is 2.02. The molecule has 0 radical (unpaired) electrons. The lowest BCUT2D eigenvalue weighted by Crippen LogP contribution is -2.10. The number of primary amides is 1. The first-order valence-electron chi connectivity index (χ1n) is 5.09. The highest BCUT2D eigenvalue weighted by atomic mass is 79.9. The van der Waals surface area contributed by atoms with Gasteiger partial charge in [0.05, 0.1) is 0 Å². The van der Waals surface area contributed by atoms with Gasteiger partial charge < -0.3 is 5.73 Å². The van der Waals surface area contributed by atoms with Crippen molar-refractivity contribution in [1.29, 1.82) is 0 Å². The molecule has 0 saturated heterocycles. The maximum absolute atomic E-state index is 11.0. The smallest absolute Gasteiger partial charge is 0.248 e. The first-order chi connectivity index (χ1) is 7.70. The van der Waals surface area contributed by atoms with Crippen LogP contribution in [0, 0.1) is 0 Å². The molecule has 0 aliphatic rings. The van der Waals surface area contributed by atoms with E-state index >= 15 is 0 Å². The summed E-state index contributed by atoms with van der Waals surface area (Å²) >= 11 is 3.42. The molecule has 2 aromatic carbocycles. The highest BCUT2D eigenvalue weighted by molar-refractivity contribution is 9.09. The van der Waals surface area contributed by atoms with Gasteiger partial charge in [0.1, 0.15) is 0 Å². The second-order valence-electron chi connectivity index (χ2n) is 3.70. The molecule has 0 unspecified atom stereocenters.